The monoisotopic (exact) mass is 365 g/mol. The minimum Gasteiger partial charge on any atom is -0.299 e. The van der Waals surface area contributed by atoms with Gasteiger partial charge in [-0.15, -0.1) is 0 Å². The number of aromatic nitrogens is 2. The van der Waals surface area contributed by atoms with Crippen LogP contribution in [0.4, 0.5) is 0 Å². The standard InChI is InChI=1S/C11H16BrN3O4S/c1-20(18,19)15-4-2-3-8(6-15)5-14-7-9(12)10(16)13-11(14)17/h7-8H,2-6H2,1H3,(H,13,16,17). The number of H-pyrrole nitrogens is 1. The van der Waals surface area contributed by atoms with Crippen LogP contribution in [0.1, 0.15) is 12.8 Å². The summed E-state index contributed by atoms with van der Waals surface area (Å²) < 4.78 is 26.2. The Balaban J connectivity index is 2.16. The normalized spacial score (nSPS) is 21.0. The Bertz CT molecular complexity index is 709. The maximum absolute atomic E-state index is 11.7. The lowest BCUT2D eigenvalue weighted by Crippen LogP contribution is -2.42. The van der Waals surface area contributed by atoms with Crippen molar-refractivity contribution in [1.82, 2.24) is 13.9 Å². The summed E-state index contributed by atoms with van der Waals surface area (Å²) in [4.78, 5) is 25.2. The van der Waals surface area contributed by atoms with Gasteiger partial charge in [-0.1, -0.05) is 0 Å². The predicted octanol–water partition coefficient (Wildman–Crippen LogP) is -0.0293. The third-order valence-electron chi connectivity index (χ3n) is 3.37. The summed E-state index contributed by atoms with van der Waals surface area (Å²) >= 11 is 3.08. The van der Waals surface area contributed by atoms with Gasteiger partial charge in [0.15, 0.2) is 0 Å². The first-order valence-corrected chi connectivity index (χ1v) is 8.86. The lowest BCUT2D eigenvalue weighted by Gasteiger charge is -2.31. The molecule has 0 aliphatic carbocycles. The number of hydrogen-bond acceptors (Lipinski definition) is 4. The third-order valence-corrected chi connectivity index (χ3v) is 5.21. The Labute approximate surface area is 124 Å². The molecule has 2 rings (SSSR count). The zero-order valence-corrected chi connectivity index (χ0v) is 13.4. The molecule has 7 nitrogen and oxygen atoms in total. The maximum Gasteiger partial charge on any atom is 0.328 e. The van der Waals surface area contributed by atoms with Crippen molar-refractivity contribution >= 4 is 26.0 Å². The second kappa shape index (κ2) is 5.82. The molecular weight excluding hydrogens is 350 g/mol. The summed E-state index contributed by atoms with van der Waals surface area (Å²) in [5.41, 5.74) is -0.942. The lowest BCUT2D eigenvalue weighted by molar-refractivity contribution is 0.244. The van der Waals surface area contributed by atoms with E-state index >= 15 is 0 Å². The largest absolute Gasteiger partial charge is 0.328 e. The molecule has 0 aromatic carbocycles. The Morgan fingerprint density at radius 2 is 2.15 bits per heavy atom. The van der Waals surface area contributed by atoms with Crippen molar-refractivity contribution in [2.24, 2.45) is 5.92 Å². The molecule has 0 bridgehead atoms. The van der Waals surface area contributed by atoms with Crippen molar-refractivity contribution in [3.8, 4) is 0 Å². The van der Waals surface area contributed by atoms with E-state index < -0.39 is 21.3 Å². The number of sulfonamides is 1. The van der Waals surface area contributed by atoms with Crippen LogP contribution in [0, 0.1) is 5.92 Å². The SMILES string of the molecule is CS(=O)(=O)N1CCCC(Cn2cc(Br)c(=O)[nH]c2=O)C1. The zero-order valence-electron chi connectivity index (χ0n) is 11.0. The highest BCUT2D eigenvalue weighted by Gasteiger charge is 2.26. The second-order valence-corrected chi connectivity index (χ2v) is 7.85. The number of aromatic amines is 1. The molecule has 1 aliphatic heterocycles. The second-order valence-electron chi connectivity index (χ2n) is 5.02. The van der Waals surface area contributed by atoms with Gasteiger partial charge in [-0.05, 0) is 34.7 Å². The van der Waals surface area contributed by atoms with Crippen LogP contribution in [0.5, 0.6) is 0 Å². The van der Waals surface area contributed by atoms with Gasteiger partial charge in [0.2, 0.25) is 10.0 Å². The number of nitrogens with zero attached hydrogens (tertiary/aromatic N) is 2. The molecule has 2 heterocycles. The molecule has 0 saturated carbocycles. The molecule has 1 aromatic rings. The van der Waals surface area contributed by atoms with Crippen molar-refractivity contribution in [3.63, 3.8) is 0 Å². The molecule has 0 radical (unpaired) electrons. The summed E-state index contributed by atoms with van der Waals surface area (Å²) in [6.45, 7) is 1.32. The van der Waals surface area contributed by atoms with E-state index in [1.54, 1.807) is 0 Å². The van der Waals surface area contributed by atoms with Crippen LogP contribution in [-0.2, 0) is 16.6 Å². The van der Waals surface area contributed by atoms with E-state index in [2.05, 4.69) is 20.9 Å². The summed E-state index contributed by atoms with van der Waals surface area (Å²) in [6.07, 6.45) is 4.27. The Kier molecular flexibility index (Phi) is 4.50. The van der Waals surface area contributed by atoms with Crippen LogP contribution in [0.25, 0.3) is 0 Å². The van der Waals surface area contributed by atoms with Crippen LogP contribution in [0.3, 0.4) is 0 Å². The minimum atomic E-state index is -3.20. The molecular formula is C11H16BrN3O4S. The van der Waals surface area contributed by atoms with Gasteiger partial charge >= 0.3 is 5.69 Å². The quantitative estimate of drug-likeness (QED) is 0.813. The molecule has 9 heteroatoms. The van der Waals surface area contributed by atoms with Gasteiger partial charge in [-0.25, -0.2) is 17.5 Å². The van der Waals surface area contributed by atoms with Gasteiger partial charge in [-0.3, -0.25) is 14.3 Å². The van der Waals surface area contributed by atoms with Gasteiger partial charge in [0, 0.05) is 25.8 Å². The van der Waals surface area contributed by atoms with E-state index in [1.165, 1.54) is 21.3 Å². The van der Waals surface area contributed by atoms with E-state index in [0.29, 0.717) is 19.6 Å². The van der Waals surface area contributed by atoms with Crippen molar-refractivity contribution in [3.05, 3.63) is 31.5 Å². The van der Waals surface area contributed by atoms with E-state index in [1.807, 2.05) is 0 Å². The lowest BCUT2D eigenvalue weighted by atomic mass is 10.00. The van der Waals surface area contributed by atoms with Crippen LogP contribution in [0.15, 0.2) is 20.3 Å². The first kappa shape index (κ1) is 15.5. The smallest absolute Gasteiger partial charge is 0.299 e. The van der Waals surface area contributed by atoms with Gasteiger partial charge in [0.1, 0.15) is 0 Å². The molecule has 1 atom stereocenters. The summed E-state index contributed by atoms with van der Waals surface area (Å²) in [6, 6.07) is 0. The van der Waals surface area contributed by atoms with Gasteiger partial charge in [0.25, 0.3) is 5.56 Å². The molecule has 0 spiro atoms. The Morgan fingerprint density at radius 3 is 2.80 bits per heavy atom. The maximum atomic E-state index is 11.7. The summed E-state index contributed by atoms with van der Waals surface area (Å²) in [7, 11) is -3.20. The first-order valence-electron chi connectivity index (χ1n) is 6.22. The highest BCUT2D eigenvalue weighted by Crippen LogP contribution is 2.19. The molecule has 20 heavy (non-hydrogen) atoms. The average molecular weight is 366 g/mol. The molecule has 1 aliphatic rings. The number of rotatable bonds is 3. The van der Waals surface area contributed by atoms with Crippen LogP contribution >= 0.6 is 15.9 Å². The molecule has 1 N–H and O–H groups in total. The zero-order chi connectivity index (χ0) is 14.9. The van der Waals surface area contributed by atoms with E-state index in [9.17, 15) is 18.0 Å². The molecule has 1 aromatic heterocycles. The number of halogens is 1. The van der Waals surface area contributed by atoms with E-state index in [4.69, 9.17) is 0 Å². The molecule has 0 amide bonds. The van der Waals surface area contributed by atoms with Gasteiger partial charge in [-0.2, -0.15) is 0 Å². The summed E-state index contributed by atoms with van der Waals surface area (Å²) in [5, 5.41) is 0. The molecule has 1 unspecified atom stereocenters. The fourth-order valence-electron chi connectivity index (χ4n) is 2.37. The molecule has 112 valence electrons. The Morgan fingerprint density at radius 1 is 1.45 bits per heavy atom. The topological polar surface area (TPSA) is 92.2 Å². The number of nitrogens with one attached hydrogen (secondary N) is 1. The molecule has 1 fully saturated rings. The summed E-state index contributed by atoms with van der Waals surface area (Å²) in [5.74, 6) is 0.0639. The van der Waals surface area contributed by atoms with Crippen molar-refractivity contribution in [2.45, 2.75) is 19.4 Å². The van der Waals surface area contributed by atoms with E-state index in [0.717, 1.165) is 12.8 Å². The molecule has 1 saturated heterocycles. The van der Waals surface area contributed by atoms with Crippen molar-refractivity contribution < 1.29 is 8.42 Å². The number of piperidine rings is 1. The predicted molar refractivity (Wildman–Crippen MR) is 78.2 cm³/mol. The first-order chi connectivity index (χ1) is 9.27. The van der Waals surface area contributed by atoms with Crippen LogP contribution in [0.2, 0.25) is 0 Å². The third kappa shape index (κ3) is 3.58. The fraction of sp³-hybridized carbons (Fsp3) is 0.636. The highest BCUT2D eigenvalue weighted by molar-refractivity contribution is 9.10. The average Bonchev–Trinajstić information content (AvgIpc) is 2.35. The van der Waals surface area contributed by atoms with Crippen molar-refractivity contribution in [2.75, 3.05) is 19.3 Å². The Hall–Kier alpha value is -0.930. The van der Waals surface area contributed by atoms with Crippen LogP contribution in [-0.4, -0.2) is 41.6 Å². The van der Waals surface area contributed by atoms with Gasteiger partial charge in [0.05, 0.1) is 10.7 Å². The van der Waals surface area contributed by atoms with Crippen molar-refractivity contribution in [1.29, 1.82) is 0 Å². The van der Waals surface area contributed by atoms with Crippen LogP contribution < -0.4 is 11.2 Å². The van der Waals surface area contributed by atoms with E-state index in [-0.39, 0.29) is 10.4 Å². The van der Waals surface area contributed by atoms with Gasteiger partial charge < -0.3 is 0 Å². The fourth-order valence-corrected chi connectivity index (χ4v) is 3.66. The highest BCUT2D eigenvalue weighted by atomic mass is 79.9. The number of hydrogen-bond donors (Lipinski definition) is 1. The minimum absolute atomic E-state index is 0.0639.